The Balaban J connectivity index is 2.65. The van der Waals surface area contributed by atoms with E-state index in [0.29, 0.717) is 31.4 Å². The van der Waals surface area contributed by atoms with E-state index in [-0.39, 0.29) is 18.8 Å². The van der Waals surface area contributed by atoms with Gasteiger partial charge < -0.3 is 20.2 Å². The Labute approximate surface area is 150 Å². The summed E-state index contributed by atoms with van der Waals surface area (Å²) in [7, 11) is -3.29. The monoisotopic (exact) mass is 374 g/mol. The van der Waals surface area contributed by atoms with Crippen molar-refractivity contribution in [3.05, 3.63) is 24.2 Å². The van der Waals surface area contributed by atoms with E-state index in [1.54, 1.807) is 19.1 Å². The first-order chi connectivity index (χ1) is 11.8. The Morgan fingerprint density at radius 3 is 2.52 bits per heavy atom. The molecule has 0 radical (unpaired) electrons. The van der Waals surface area contributed by atoms with Crippen LogP contribution in [0.5, 0.6) is 0 Å². The lowest BCUT2D eigenvalue weighted by Crippen LogP contribution is -2.42. The van der Waals surface area contributed by atoms with Gasteiger partial charge in [0, 0.05) is 26.2 Å². The molecule has 1 aromatic heterocycles. The summed E-state index contributed by atoms with van der Waals surface area (Å²) in [6.45, 7) is 9.01. The standard InChI is InChI=1S/C16H30N4O4S/c1-5-17-15(18-10-12-25(22,23)20(6-2)7-3)19-13-16(4,21)14-9-8-11-24-14/h8-9,11,21H,5-7,10,12-13H2,1-4H3,(H2,17,18,19). The van der Waals surface area contributed by atoms with Gasteiger partial charge in [-0.15, -0.1) is 0 Å². The van der Waals surface area contributed by atoms with Gasteiger partial charge in [0.15, 0.2) is 5.96 Å². The van der Waals surface area contributed by atoms with Gasteiger partial charge in [0.1, 0.15) is 11.4 Å². The molecule has 8 nitrogen and oxygen atoms in total. The first-order valence-electron chi connectivity index (χ1n) is 8.53. The number of aliphatic hydroxyl groups is 1. The molecule has 9 heteroatoms. The molecule has 3 N–H and O–H groups in total. The molecule has 0 aliphatic heterocycles. The number of sulfonamides is 1. The third kappa shape index (κ3) is 6.68. The van der Waals surface area contributed by atoms with Crippen LogP contribution in [0.15, 0.2) is 27.8 Å². The third-order valence-corrected chi connectivity index (χ3v) is 5.72. The second-order valence-corrected chi connectivity index (χ2v) is 7.86. The van der Waals surface area contributed by atoms with Gasteiger partial charge in [-0.2, -0.15) is 0 Å². The van der Waals surface area contributed by atoms with Crippen LogP contribution in [0.1, 0.15) is 33.5 Å². The average molecular weight is 375 g/mol. The van der Waals surface area contributed by atoms with Gasteiger partial charge in [0.2, 0.25) is 10.0 Å². The summed E-state index contributed by atoms with van der Waals surface area (Å²) in [5.74, 6) is 0.855. The predicted molar refractivity (Wildman–Crippen MR) is 99.0 cm³/mol. The van der Waals surface area contributed by atoms with Crippen LogP contribution in [0.2, 0.25) is 0 Å². The molecule has 0 amide bonds. The van der Waals surface area contributed by atoms with Crippen molar-refractivity contribution in [1.82, 2.24) is 14.9 Å². The first-order valence-corrected chi connectivity index (χ1v) is 10.1. The van der Waals surface area contributed by atoms with E-state index in [1.807, 2.05) is 20.8 Å². The molecule has 144 valence electrons. The van der Waals surface area contributed by atoms with E-state index in [4.69, 9.17) is 4.42 Å². The molecule has 0 aliphatic rings. The van der Waals surface area contributed by atoms with Gasteiger partial charge in [-0.1, -0.05) is 13.8 Å². The van der Waals surface area contributed by atoms with E-state index in [1.165, 1.54) is 10.6 Å². The lowest BCUT2D eigenvalue weighted by Gasteiger charge is -2.20. The van der Waals surface area contributed by atoms with Crippen LogP contribution in [0.4, 0.5) is 0 Å². The first kappa shape index (κ1) is 21.5. The zero-order valence-corrected chi connectivity index (χ0v) is 16.3. The molecular formula is C16H30N4O4S. The molecule has 0 bridgehead atoms. The molecular weight excluding hydrogens is 344 g/mol. The predicted octanol–water partition coefficient (Wildman–Crippen LogP) is 0.714. The maximum absolute atomic E-state index is 12.2. The summed E-state index contributed by atoms with van der Waals surface area (Å²) in [6.07, 6.45) is 1.50. The van der Waals surface area contributed by atoms with Crippen LogP contribution in [0.25, 0.3) is 0 Å². The molecule has 0 spiro atoms. The molecule has 1 rings (SSSR count). The molecule has 1 heterocycles. The van der Waals surface area contributed by atoms with Crippen molar-refractivity contribution < 1.29 is 17.9 Å². The maximum Gasteiger partial charge on any atom is 0.215 e. The Bertz CT molecular complexity index is 623. The molecule has 1 atom stereocenters. The second kappa shape index (κ2) is 9.79. The molecule has 0 aromatic carbocycles. The number of rotatable bonds is 10. The molecule has 0 fully saturated rings. The molecule has 1 unspecified atom stereocenters. The van der Waals surface area contributed by atoms with Crippen LogP contribution >= 0.6 is 0 Å². The SMILES string of the molecule is CCNC(=NCC(C)(O)c1ccco1)NCCS(=O)(=O)N(CC)CC. The van der Waals surface area contributed by atoms with Crippen molar-refractivity contribution in [2.45, 2.75) is 33.3 Å². The van der Waals surface area contributed by atoms with Gasteiger partial charge >= 0.3 is 0 Å². The van der Waals surface area contributed by atoms with Crippen molar-refractivity contribution >= 4 is 16.0 Å². The topological polar surface area (TPSA) is 107 Å². The summed E-state index contributed by atoms with van der Waals surface area (Å²) in [5.41, 5.74) is -1.24. The van der Waals surface area contributed by atoms with Gasteiger partial charge in [-0.05, 0) is 26.0 Å². The normalized spacial score (nSPS) is 15.2. The van der Waals surface area contributed by atoms with Gasteiger partial charge in [-0.25, -0.2) is 17.7 Å². The van der Waals surface area contributed by atoms with E-state index in [0.717, 1.165) is 0 Å². The van der Waals surface area contributed by atoms with Crippen molar-refractivity contribution in [3.8, 4) is 0 Å². The number of hydrogen-bond donors (Lipinski definition) is 3. The lowest BCUT2D eigenvalue weighted by atomic mass is 10.0. The third-order valence-electron chi connectivity index (χ3n) is 3.69. The lowest BCUT2D eigenvalue weighted by molar-refractivity contribution is 0.0437. The van der Waals surface area contributed by atoms with E-state index >= 15 is 0 Å². The number of nitrogens with one attached hydrogen (secondary N) is 2. The molecule has 1 aromatic rings. The van der Waals surface area contributed by atoms with Crippen molar-refractivity contribution in [3.63, 3.8) is 0 Å². The van der Waals surface area contributed by atoms with Gasteiger partial charge in [0.25, 0.3) is 0 Å². The van der Waals surface area contributed by atoms with Gasteiger partial charge in [0.05, 0.1) is 18.6 Å². The van der Waals surface area contributed by atoms with E-state index < -0.39 is 15.6 Å². The minimum Gasteiger partial charge on any atom is -0.466 e. The Hall–Kier alpha value is -1.58. The highest BCUT2D eigenvalue weighted by Gasteiger charge is 2.26. The average Bonchev–Trinajstić information content (AvgIpc) is 3.08. The Kier molecular flexibility index (Phi) is 8.40. The fraction of sp³-hybridized carbons (Fsp3) is 0.688. The van der Waals surface area contributed by atoms with Crippen LogP contribution in [-0.2, 0) is 15.6 Å². The second-order valence-electron chi connectivity index (χ2n) is 5.77. The summed E-state index contributed by atoms with van der Waals surface area (Å²) in [6, 6.07) is 3.39. The summed E-state index contributed by atoms with van der Waals surface area (Å²) in [5, 5.41) is 16.4. The minimum absolute atomic E-state index is 0.0202. The Morgan fingerprint density at radius 1 is 1.32 bits per heavy atom. The number of aliphatic imine (C=N–C) groups is 1. The van der Waals surface area contributed by atoms with Crippen LogP contribution in [0.3, 0.4) is 0 Å². The minimum atomic E-state index is -3.29. The van der Waals surface area contributed by atoms with Crippen molar-refractivity contribution in [1.29, 1.82) is 0 Å². The molecule has 0 saturated heterocycles. The smallest absolute Gasteiger partial charge is 0.215 e. The van der Waals surface area contributed by atoms with Crippen LogP contribution in [0, 0.1) is 0 Å². The van der Waals surface area contributed by atoms with Crippen molar-refractivity contribution in [2.24, 2.45) is 4.99 Å². The highest BCUT2D eigenvalue weighted by molar-refractivity contribution is 7.89. The summed E-state index contributed by atoms with van der Waals surface area (Å²) >= 11 is 0. The highest BCUT2D eigenvalue weighted by atomic mass is 32.2. The zero-order valence-electron chi connectivity index (χ0n) is 15.4. The van der Waals surface area contributed by atoms with E-state index in [9.17, 15) is 13.5 Å². The molecule has 25 heavy (non-hydrogen) atoms. The molecule has 0 saturated carbocycles. The summed E-state index contributed by atoms with van der Waals surface area (Å²) < 4.78 is 31.0. The zero-order chi connectivity index (χ0) is 18.9. The van der Waals surface area contributed by atoms with Crippen LogP contribution < -0.4 is 10.6 Å². The number of nitrogens with zero attached hydrogens (tertiary/aromatic N) is 2. The quantitative estimate of drug-likeness (QED) is 0.411. The highest BCUT2D eigenvalue weighted by Crippen LogP contribution is 2.20. The van der Waals surface area contributed by atoms with E-state index in [2.05, 4.69) is 15.6 Å². The van der Waals surface area contributed by atoms with Gasteiger partial charge in [-0.3, -0.25) is 0 Å². The number of furan rings is 1. The number of hydrogen-bond acceptors (Lipinski definition) is 5. The maximum atomic E-state index is 12.2. The fourth-order valence-corrected chi connectivity index (χ4v) is 3.69. The largest absolute Gasteiger partial charge is 0.466 e. The Morgan fingerprint density at radius 2 is 2.00 bits per heavy atom. The summed E-state index contributed by atoms with van der Waals surface area (Å²) in [4.78, 5) is 4.32. The number of guanidine groups is 1. The fourth-order valence-electron chi connectivity index (χ4n) is 2.28. The van der Waals surface area contributed by atoms with Crippen LogP contribution in [-0.4, -0.2) is 62.3 Å². The molecule has 0 aliphatic carbocycles. The van der Waals surface area contributed by atoms with Crippen molar-refractivity contribution in [2.75, 3.05) is 38.5 Å².